The fourth-order valence-corrected chi connectivity index (χ4v) is 2.35. The Hall–Kier alpha value is -1.66. The fraction of sp³-hybridized carbons (Fsp3) is 0.429. The van der Waals surface area contributed by atoms with Gasteiger partial charge in [0.25, 0.3) is 0 Å². The van der Waals surface area contributed by atoms with Gasteiger partial charge in [0.2, 0.25) is 0 Å². The van der Waals surface area contributed by atoms with Gasteiger partial charge in [0.05, 0.1) is 5.69 Å². The first kappa shape index (κ1) is 15.7. The molecule has 2 rings (SSSR count). The van der Waals surface area contributed by atoms with Crippen LogP contribution in [0, 0.1) is 5.82 Å². The van der Waals surface area contributed by atoms with Crippen molar-refractivity contribution in [3.05, 3.63) is 29.0 Å². The second-order valence-electron chi connectivity index (χ2n) is 4.80. The molecule has 1 heterocycles. The number of amides is 2. The van der Waals surface area contributed by atoms with Gasteiger partial charge in [-0.1, -0.05) is 18.5 Å². The molecule has 0 aromatic heterocycles. The van der Waals surface area contributed by atoms with Crippen LogP contribution in [0.5, 0.6) is 0 Å². The van der Waals surface area contributed by atoms with Gasteiger partial charge < -0.3 is 15.1 Å². The van der Waals surface area contributed by atoms with Gasteiger partial charge >= 0.3 is 11.8 Å². The second-order valence-corrected chi connectivity index (χ2v) is 5.24. The average Bonchev–Trinajstić information content (AvgIpc) is 2.50. The van der Waals surface area contributed by atoms with Gasteiger partial charge in [-0.15, -0.1) is 0 Å². The zero-order valence-corrected chi connectivity index (χ0v) is 12.5. The van der Waals surface area contributed by atoms with Crippen LogP contribution in [0.25, 0.3) is 0 Å². The predicted octanol–water partition coefficient (Wildman–Crippen LogP) is 1.58. The number of halogens is 2. The minimum atomic E-state index is -0.846. The van der Waals surface area contributed by atoms with Crippen LogP contribution in [0.3, 0.4) is 0 Å². The van der Waals surface area contributed by atoms with E-state index in [-0.39, 0.29) is 10.7 Å². The summed E-state index contributed by atoms with van der Waals surface area (Å²) in [6.07, 6.45) is 0. The second kappa shape index (κ2) is 6.87. The molecule has 1 aliphatic rings. The molecule has 114 valence electrons. The lowest BCUT2D eigenvalue weighted by Gasteiger charge is -2.33. The number of rotatable bonds is 2. The first-order valence-electron chi connectivity index (χ1n) is 6.79. The van der Waals surface area contributed by atoms with Crippen molar-refractivity contribution in [1.29, 1.82) is 0 Å². The third-order valence-electron chi connectivity index (χ3n) is 3.48. The van der Waals surface area contributed by atoms with Gasteiger partial charge in [0.1, 0.15) is 5.82 Å². The SMILES string of the molecule is CCN1CCN(C(=O)C(=O)Nc2cc(Cl)ccc2F)CC1. The number of carbonyl (C=O) groups is 2. The number of nitrogens with one attached hydrogen (secondary N) is 1. The molecule has 0 saturated carbocycles. The highest BCUT2D eigenvalue weighted by Crippen LogP contribution is 2.19. The number of hydrogen-bond donors (Lipinski definition) is 1. The van der Waals surface area contributed by atoms with E-state index in [4.69, 9.17) is 11.6 Å². The van der Waals surface area contributed by atoms with Gasteiger partial charge in [-0.3, -0.25) is 9.59 Å². The van der Waals surface area contributed by atoms with E-state index in [2.05, 4.69) is 10.2 Å². The predicted molar refractivity (Wildman–Crippen MR) is 78.7 cm³/mol. The van der Waals surface area contributed by atoms with E-state index in [9.17, 15) is 14.0 Å². The molecule has 0 bridgehead atoms. The van der Waals surface area contributed by atoms with Crippen molar-refractivity contribution >= 4 is 29.1 Å². The van der Waals surface area contributed by atoms with Crippen LogP contribution in [0.1, 0.15) is 6.92 Å². The van der Waals surface area contributed by atoms with Crippen molar-refractivity contribution in [2.45, 2.75) is 6.92 Å². The molecule has 0 radical (unpaired) electrons. The monoisotopic (exact) mass is 313 g/mol. The molecule has 2 amide bonds. The van der Waals surface area contributed by atoms with Crippen molar-refractivity contribution in [1.82, 2.24) is 9.80 Å². The van der Waals surface area contributed by atoms with Crippen molar-refractivity contribution in [3.63, 3.8) is 0 Å². The normalized spacial score (nSPS) is 15.9. The maximum absolute atomic E-state index is 13.5. The molecule has 7 heteroatoms. The minimum Gasteiger partial charge on any atom is -0.332 e. The Kier molecular flexibility index (Phi) is 5.14. The molecular formula is C14H17ClFN3O2. The molecule has 1 aromatic carbocycles. The lowest BCUT2D eigenvalue weighted by atomic mass is 10.2. The maximum atomic E-state index is 13.5. The highest BCUT2D eigenvalue weighted by Gasteiger charge is 2.26. The van der Waals surface area contributed by atoms with Gasteiger partial charge in [-0.2, -0.15) is 0 Å². The van der Waals surface area contributed by atoms with Gasteiger partial charge in [-0.05, 0) is 24.7 Å². The zero-order valence-electron chi connectivity index (χ0n) is 11.7. The lowest BCUT2D eigenvalue weighted by Crippen LogP contribution is -2.51. The lowest BCUT2D eigenvalue weighted by molar-refractivity contribution is -0.144. The first-order chi connectivity index (χ1) is 10.0. The minimum absolute atomic E-state index is 0.0898. The van der Waals surface area contributed by atoms with Crippen LogP contribution in [0.15, 0.2) is 18.2 Å². The molecule has 1 aliphatic heterocycles. The molecule has 0 aliphatic carbocycles. The molecular weight excluding hydrogens is 297 g/mol. The van der Waals surface area contributed by atoms with E-state index in [1.54, 1.807) is 0 Å². The van der Waals surface area contributed by atoms with E-state index in [1.807, 2.05) is 6.92 Å². The van der Waals surface area contributed by atoms with E-state index in [0.717, 1.165) is 25.7 Å². The van der Waals surface area contributed by atoms with Crippen LogP contribution >= 0.6 is 11.6 Å². The van der Waals surface area contributed by atoms with Crippen molar-refractivity contribution in [2.24, 2.45) is 0 Å². The number of benzene rings is 1. The molecule has 1 fully saturated rings. The summed E-state index contributed by atoms with van der Waals surface area (Å²) in [5.41, 5.74) is -0.0898. The van der Waals surface area contributed by atoms with Crippen LogP contribution in [0.2, 0.25) is 5.02 Å². The summed E-state index contributed by atoms with van der Waals surface area (Å²) in [7, 11) is 0. The maximum Gasteiger partial charge on any atom is 0.313 e. The van der Waals surface area contributed by atoms with E-state index in [0.29, 0.717) is 13.1 Å². The van der Waals surface area contributed by atoms with Crippen LogP contribution in [-0.4, -0.2) is 54.3 Å². The summed E-state index contributed by atoms with van der Waals surface area (Å²) in [5, 5.41) is 2.56. The summed E-state index contributed by atoms with van der Waals surface area (Å²) < 4.78 is 13.5. The number of likely N-dealkylation sites (N-methyl/N-ethyl adjacent to an activating group) is 1. The smallest absolute Gasteiger partial charge is 0.313 e. The zero-order chi connectivity index (χ0) is 15.4. The molecule has 0 atom stereocenters. The van der Waals surface area contributed by atoms with Crippen molar-refractivity contribution < 1.29 is 14.0 Å². The molecule has 21 heavy (non-hydrogen) atoms. The van der Waals surface area contributed by atoms with Crippen LogP contribution in [0.4, 0.5) is 10.1 Å². The molecule has 1 N–H and O–H groups in total. The topological polar surface area (TPSA) is 52.7 Å². The Labute approximate surface area is 127 Å². The number of piperazine rings is 1. The highest BCUT2D eigenvalue weighted by atomic mass is 35.5. The summed E-state index contributed by atoms with van der Waals surface area (Å²) >= 11 is 5.74. The Morgan fingerprint density at radius 2 is 1.95 bits per heavy atom. The van der Waals surface area contributed by atoms with E-state index >= 15 is 0 Å². The fourth-order valence-electron chi connectivity index (χ4n) is 2.18. The average molecular weight is 314 g/mol. The van der Waals surface area contributed by atoms with Crippen molar-refractivity contribution in [3.8, 4) is 0 Å². The Bertz CT molecular complexity index is 545. The third kappa shape index (κ3) is 3.92. The summed E-state index contributed by atoms with van der Waals surface area (Å²) in [6, 6.07) is 3.79. The molecule has 1 saturated heterocycles. The number of hydrogen-bond acceptors (Lipinski definition) is 3. The summed E-state index contributed by atoms with van der Waals surface area (Å²) in [6.45, 7) is 5.44. The molecule has 0 unspecified atom stereocenters. The largest absolute Gasteiger partial charge is 0.332 e. The van der Waals surface area contributed by atoms with Crippen LogP contribution in [-0.2, 0) is 9.59 Å². The summed E-state index contributed by atoms with van der Waals surface area (Å²) in [5.74, 6) is -2.12. The summed E-state index contributed by atoms with van der Waals surface area (Å²) in [4.78, 5) is 27.6. The van der Waals surface area contributed by atoms with Crippen molar-refractivity contribution in [2.75, 3.05) is 38.0 Å². The first-order valence-corrected chi connectivity index (χ1v) is 7.16. The third-order valence-corrected chi connectivity index (χ3v) is 3.71. The highest BCUT2D eigenvalue weighted by molar-refractivity contribution is 6.39. The Morgan fingerprint density at radius 3 is 2.57 bits per heavy atom. The molecule has 1 aromatic rings. The van der Waals surface area contributed by atoms with E-state index < -0.39 is 17.6 Å². The van der Waals surface area contributed by atoms with E-state index in [1.165, 1.54) is 17.0 Å². The van der Waals surface area contributed by atoms with Gasteiger partial charge in [0, 0.05) is 31.2 Å². The number of carbonyl (C=O) groups excluding carboxylic acids is 2. The van der Waals surface area contributed by atoms with Crippen LogP contribution < -0.4 is 5.32 Å². The number of anilines is 1. The molecule has 0 spiro atoms. The standard InChI is InChI=1S/C14H17ClFN3O2/c1-2-18-5-7-19(8-6-18)14(21)13(20)17-12-9-10(15)3-4-11(12)16/h3-4,9H,2,5-8H2,1H3,(H,17,20). The van der Waals surface area contributed by atoms with Gasteiger partial charge in [-0.25, -0.2) is 4.39 Å². The molecule has 5 nitrogen and oxygen atoms in total. The quantitative estimate of drug-likeness (QED) is 0.844. The van der Waals surface area contributed by atoms with Gasteiger partial charge in [0.15, 0.2) is 0 Å². The Morgan fingerprint density at radius 1 is 1.29 bits per heavy atom. The number of nitrogens with zero attached hydrogens (tertiary/aromatic N) is 2. The Balaban J connectivity index is 1.97.